The van der Waals surface area contributed by atoms with Gasteiger partial charge in [0.25, 0.3) is 5.91 Å². The van der Waals surface area contributed by atoms with E-state index in [1.165, 1.54) is 6.20 Å². The molecule has 1 saturated heterocycles. The highest BCUT2D eigenvalue weighted by molar-refractivity contribution is 7.09. The topological polar surface area (TPSA) is 80.2 Å². The van der Waals surface area contributed by atoms with E-state index in [9.17, 15) is 4.79 Å². The average Bonchev–Trinajstić information content (AvgIpc) is 3.08. The van der Waals surface area contributed by atoms with Gasteiger partial charge in [-0.25, -0.2) is 9.97 Å². The summed E-state index contributed by atoms with van der Waals surface area (Å²) in [5.74, 6) is 0.476. The first-order valence-corrected chi connectivity index (χ1v) is 8.50. The lowest BCUT2D eigenvalue weighted by atomic mass is 10.3. The summed E-state index contributed by atoms with van der Waals surface area (Å²) in [6.07, 6.45) is 4.05. The second kappa shape index (κ2) is 7.47. The molecule has 1 fully saturated rings. The monoisotopic (exact) mass is 333 g/mol. The zero-order valence-corrected chi connectivity index (χ0v) is 13.8. The van der Waals surface area contributed by atoms with Crippen molar-refractivity contribution < 1.29 is 9.53 Å². The van der Waals surface area contributed by atoms with Gasteiger partial charge in [0.1, 0.15) is 16.5 Å². The molecule has 8 heteroatoms. The number of carbonyl (C=O) groups is 1. The predicted molar refractivity (Wildman–Crippen MR) is 87.6 cm³/mol. The molecule has 3 heterocycles. The molecule has 1 aliphatic heterocycles. The van der Waals surface area contributed by atoms with Crippen molar-refractivity contribution in [2.45, 2.75) is 19.9 Å². The van der Waals surface area contributed by atoms with Gasteiger partial charge in [0, 0.05) is 18.5 Å². The molecule has 1 aliphatic rings. The molecule has 7 nitrogen and oxygen atoms in total. The van der Waals surface area contributed by atoms with E-state index in [0.29, 0.717) is 44.4 Å². The highest BCUT2D eigenvalue weighted by Crippen LogP contribution is 2.13. The van der Waals surface area contributed by atoms with Gasteiger partial charge in [-0.05, 0) is 6.42 Å². The van der Waals surface area contributed by atoms with Gasteiger partial charge in [-0.3, -0.25) is 9.78 Å². The number of rotatable bonds is 5. The van der Waals surface area contributed by atoms with E-state index < -0.39 is 0 Å². The minimum Gasteiger partial charge on any atom is -0.378 e. The third-order valence-corrected chi connectivity index (χ3v) is 4.43. The summed E-state index contributed by atoms with van der Waals surface area (Å²) in [6.45, 7) is 4.99. The molecule has 1 amide bonds. The molecule has 0 aliphatic carbocycles. The highest BCUT2D eigenvalue weighted by Gasteiger charge is 2.20. The van der Waals surface area contributed by atoms with Gasteiger partial charge in [0.2, 0.25) is 0 Å². The Balaban J connectivity index is 1.63. The highest BCUT2D eigenvalue weighted by atomic mass is 32.1. The van der Waals surface area contributed by atoms with Crippen molar-refractivity contribution in [2.75, 3.05) is 31.6 Å². The Morgan fingerprint density at radius 3 is 2.91 bits per heavy atom. The molecule has 0 bridgehead atoms. The van der Waals surface area contributed by atoms with Crippen LogP contribution in [0.3, 0.4) is 0 Å². The number of carbonyl (C=O) groups excluding carboxylic acids is 1. The van der Waals surface area contributed by atoms with Crippen LogP contribution < -0.4 is 5.32 Å². The van der Waals surface area contributed by atoms with Crippen LogP contribution >= 0.6 is 11.3 Å². The van der Waals surface area contributed by atoms with Crippen LogP contribution in [-0.2, 0) is 17.7 Å². The molecule has 1 N–H and O–H groups in total. The van der Waals surface area contributed by atoms with Crippen LogP contribution in [0.5, 0.6) is 0 Å². The number of anilines is 1. The van der Waals surface area contributed by atoms with E-state index in [1.807, 2.05) is 0 Å². The molecule has 3 rings (SSSR count). The molecule has 23 heavy (non-hydrogen) atoms. The second-order valence-electron chi connectivity index (χ2n) is 5.13. The Morgan fingerprint density at radius 2 is 2.17 bits per heavy atom. The van der Waals surface area contributed by atoms with Crippen LogP contribution in [-0.4, -0.2) is 52.1 Å². The molecular weight excluding hydrogens is 314 g/mol. The summed E-state index contributed by atoms with van der Waals surface area (Å²) in [5.41, 5.74) is 1.44. The van der Waals surface area contributed by atoms with Crippen LogP contribution in [0, 0.1) is 0 Å². The van der Waals surface area contributed by atoms with E-state index in [0.717, 1.165) is 17.1 Å². The minimum absolute atomic E-state index is 0.105. The first-order valence-electron chi connectivity index (χ1n) is 7.62. The standard InChI is InChI=1S/C15H19N5O2S/c1-2-11-10-23-14(18-11)9-17-13-8-16-7-12(19-13)15(21)20-3-5-22-6-4-20/h7-8,10H,2-6,9H2,1H3,(H,17,19). The Kier molecular flexibility index (Phi) is 5.14. The molecule has 2 aromatic rings. The van der Waals surface area contributed by atoms with Crippen LogP contribution in [0.2, 0.25) is 0 Å². The largest absolute Gasteiger partial charge is 0.378 e. The first-order chi connectivity index (χ1) is 11.3. The quantitative estimate of drug-likeness (QED) is 0.895. The number of morpholine rings is 1. The van der Waals surface area contributed by atoms with E-state index in [4.69, 9.17) is 4.74 Å². The summed E-state index contributed by atoms with van der Waals surface area (Å²) in [4.78, 5) is 27.1. The van der Waals surface area contributed by atoms with Gasteiger partial charge >= 0.3 is 0 Å². The lowest BCUT2D eigenvalue weighted by Gasteiger charge is -2.26. The molecule has 0 aromatic carbocycles. The second-order valence-corrected chi connectivity index (χ2v) is 6.08. The van der Waals surface area contributed by atoms with E-state index in [-0.39, 0.29) is 5.91 Å². The fourth-order valence-electron chi connectivity index (χ4n) is 2.24. The first kappa shape index (κ1) is 15.8. The Labute approximate surface area is 138 Å². The Morgan fingerprint density at radius 1 is 1.35 bits per heavy atom. The average molecular weight is 333 g/mol. The molecule has 0 radical (unpaired) electrons. The number of hydrogen-bond acceptors (Lipinski definition) is 7. The lowest BCUT2D eigenvalue weighted by molar-refractivity contribution is 0.0299. The number of nitrogens with one attached hydrogen (secondary N) is 1. The van der Waals surface area contributed by atoms with Crippen LogP contribution in [0.1, 0.15) is 28.1 Å². The summed E-state index contributed by atoms with van der Waals surface area (Å²) in [6, 6.07) is 0. The van der Waals surface area contributed by atoms with Gasteiger partial charge in [-0.2, -0.15) is 0 Å². The summed E-state index contributed by atoms with van der Waals surface area (Å²) in [7, 11) is 0. The smallest absolute Gasteiger partial charge is 0.274 e. The number of amides is 1. The minimum atomic E-state index is -0.105. The lowest BCUT2D eigenvalue weighted by Crippen LogP contribution is -2.41. The zero-order chi connectivity index (χ0) is 16.1. The summed E-state index contributed by atoms with van der Waals surface area (Å²) in [5, 5.41) is 6.23. The number of nitrogens with zero attached hydrogens (tertiary/aromatic N) is 4. The Hall–Kier alpha value is -2.06. The normalized spacial score (nSPS) is 14.7. The van der Waals surface area contributed by atoms with E-state index in [1.54, 1.807) is 22.4 Å². The van der Waals surface area contributed by atoms with Gasteiger partial charge in [-0.15, -0.1) is 11.3 Å². The van der Waals surface area contributed by atoms with Crippen molar-refractivity contribution in [1.29, 1.82) is 0 Å². The maximum Gasteiger partial charge on any atom is 0.274 e. The fraction of sp³-hybridized carbons (Fsp3) is 0.467. The van der Waals surface area contributed by atoms with Crippen molar-refractivity contribution in [3.8, 4) is 0 Å². The number of thiazole rings is 1. The maximum absolute atomic E-state index is 12.4. The molecule has 2 aromatic heterocycles. The predicted octanol–water partition coefficient (Wildman–Crippen LogP) is 1.58. The summed E-state index contributed by atoms with van der Waals surface area (Å²) >= 11 is 1.62. The zero-order valence-electron chi connectivity index (χ0n) is 13.0. The molecule has 0 saturated carbocycles. The van der Waals surface area contributed by atoms with Gasteiger partial charge in [0.15, 0.2) is 0 Å². The van der Waals surface area contributed by atoms with Gasteiger partial charge in [-0.1, -0.05) is 6.92 Å². The van der Waals surface area contributed by atoms with Crippen LogP contribution in [0.15, 0.2) is 17.8 Å². The third-order valence-electron chi connectivity index (χ3n) is 3.53. The van der Waals surface area contributed by atoms with E-state index >= 15 is 0 Å². The van der Waals surface area contributed by atoms with Crippen molar-refractivity contribution in [3.63, 3.8) is 0 Å². The number of ether oxygens (including phenoxy) is 1. The number of aromatic nitrogens is 3. The molecule has 122 valence electrons. The molecule has 0 atom stereocenters. The molecular formula is C15H19N5O2S. The van der Waals surface area contributed by atoms with Gasteiger partial charge < -0.3 is 15.0 Å². The maximum atomic E-state index is 12.4. The van der Waals surface area contributed by atoms with Crippen molar-refractivity contribution in [2.24, 2.45) is 0 Å². The van der Waals surface area contributed by atoms with Crippen molar-refractivity contribution in [3.05, 3.63) is 34.2 Å². The SMILES string of the molecule is CCc1csc(CNc2cncc(C(=O)N3CCOCC3)n2)n1. The number of aryl methyl sites for hydroxylation is 1. The van der Waals surface area contributed by atoms with Crippen LogP contribution in [0.4, 0.5) is 5.82 Å². The van der Waals surface area contributed by atoms with Crippen LogP contribution in [0.25, 0.3) is 0 Å². The van der Waals surface area contributed by atoms with Crippen molar-refractivity contribution >= 4 is 23.1 Å². The van der Waals surface area contributed by atoms with Crippen molar-refractivity contribution in [1.82, 2.24) is 19.9 Å². The third kappa shape index (κ3) is 4.02. The molecule has 0 unspecified atom stereocenters. The number of hydrogen-bond donors (Lipinski definition) is 1. The fourth-order valence-corrected chi connectivity index (χ4v) is 3.06. The Bertz CT molecular complexity index is 669. The van der Waals surface area contributed by atoms with E-state index in [2.05, 4.69) is 32.6 Å². The molecule has 0 spiro atoms. The van der Waals surface area contributed by atoms with Gasteiger partial charge in [0.05, 0.1) is 37.8 Å². The summed E-state index contributed by atoms with van der Waals surface area (Å²) < 4.78 is 5.26.